The Kier molecular flexibility index (Phi) is 5.28. The molecular formula is C21H24F3N7O2. The molecule has 2 aromatic rings. The zero-order chi connectivity index (χ0) is 23.3. The number of hydrogen-bond acceptors (Lipinski definition) is 8. The number of allylic oxidation sites excluding steroid dienone is 1. The van der Waals surface area contributed by atoms with Crippen LogP contribution in [0.3, 0.4) is 0 Å². The first-order valence-corrected chi connectivity index (χ1v) is 10.7. The number of alkyl halides is 3. The highest BCUT2D eigenvalue weighted by atomic mass is 19.4. The third-order valence-electron chi connectivity index (χ3n) is 6.37. The Balaban J connectivity index is 1.45. The number of fused-ring (bicyclic) bond motifs is 1. The average Bonchev–Trinajstić information content (AvgIpc) is 3.40. The predicted octanol–water partition coefficient (Wildman–Crippen LogP) is 1.54. The number of halogens is 3. The summed E-state index contributed by atoms with van der Waals surface area (Å²) in [6.07, 6.45) is -5.48. The molecule has 5 rings (SSSR count). The van der Waals surface area contributed by atoms with Gasteiger partial charge in [0.05, 0.1) is 5.92 Å². The first kappa shape index (κ1) is 21.7. The highest BCUT2D eigenvalue weighted by Crippen LogP contribution is 2.42. The average molecular weight is 463 g/mol. The van der Waals surface area contributed by atoms with Crippen LogP contribution in [0, 0.1) is 0 Å². The molecule has 1 amide bonds. The number of carbonyl (C=O) groups is 1. The number of aromatic nitrogens is 2. The zero-order valence-corrected chi connectivity index (χ0v) is 18.1. The molecule has 3 atom stereocenters. The maximum atomic E-state index is 13.9. The lowest BCUT2D eigenvalue weighted by molar-refractivity contribution is -0.161. The van der Waals surface area contributed by atoms with Gasteiger partial charge in [0.1, 0.15) is 17.8 Å². The maximum Gasteiger partial charge on any atom is 0.406 e. The van der Waals surface area contributed by atoms with E-state index in [-0.39, 0.29) is 17.5 Å². The number of likely N-dealkylation sites (N-methyl/N-ethyl adjacent to an activating group) is 1. The number of carbonyl (C=O) groups excluding carboxylic acids is 1. The monoisotopic (exact) mass is 463 g/mol. The molecule has 0 radical (unpaired) electrons. The summed E-state index contributed by atoms with van der Waals surface area (Å²) < 4.78 is 47.6. The number of benzene rings is 1. The Hall–Kier alpha value is -3.12. The van der Waals surface area contributed by atoms with Crippen molar-refractivity contribution in [3.8, 4) is 0 Å². The second-order valence-electron chi connectivity index (χ2n) is 8.53. The van der Waals surface area contributed by atoms with E-state index in [0.717, 1.165) is 18.1 Å². The normalized spacial score (nSPS) is 26.6. The van der Waals surface area contributed by atoms with Crippen molar-refractivity contribution in [2.75, 3.05) is 38.1 Å². The van der Waals surface area contributed by atoms with Gasteiger partial charge in [-0.05, 0) is 19.5 Å². The van der Waals surface area contributed by atoms with Crippen LogP contribution in [0.5, 0.6) is 0 Å². The molecule has 4 heterocycles. The topological polar surface area (TPSA) is 89.8 Å². The van der Waals surface area contributed by atoms with E-state index in [4.69, 9.17) is 4.42 Å². The molecular weight excluding hydrogens is 439 g/mol. The van der Waals surface area contributed by atoms with Crippen LogP contribution >= 0.6 is 0 Å². The molecule has 3 unspecified atom stereocenters. The molecule has 12 heteroatoms. The van der Waals surface area contributed by atoms with E-state index >= 15 is 0 Å². The maximum absolute atomic E-state index is 13.9. The van der Waals surface area contributed by atoms with Crippen LogP contribution in [0.15, 0.2) is 40.4 Å². The van der Waals surface area contributed by atoms with E-state index in [2.05, 4.69) is 25.8 Å². The molecule has 2 N–H and O–H groups in total. The summed E-state index contributed by atoms with van der Waals surface area (Å²) in [5.74, 6) is -1.70. The summed E-state index contributed by atoms with van der Waals surface area (Å²) in [6, 6.07) is 6.73. The van der Waals surface area contributed by atoms with E-state index in [1.807, 2.05) is 11.9 Å². The zero-order valence-electron chi connectivity index (χ0n) is 18.1. The number of amides is 1. The van der Waals surface area contributed by atoms with Gasteiger partial charge >= 0.3 is 12.2 Å². The van der Waals surface area contributed by atoms with Crippen molar-refractivity contribution in [3.05, 3.63) is 47.5 Å². The van der Waals surface area contributed by atoms with Crippen molar-refractivity contribution in [1.29, 1.82) is 0 Å². The standard InChI is InChI=1S/C21H24F3N7O2/c1-12-14(18-26-27-20(33-18)30-10-8-29(2)9-11-30)19(32)31-17(25-12)15(13-6-4-3-5-7-13)16(28-31)21(22,23)24/h3-7,15-17,25,28H,8-11H2,1-2H3. The number of rotatable bonds is 3. The fourth-order valence-corrected chi connectivity index (χ4v) is 4.59. The summed E-state index contributed by atoms with van der Waals surface area (Å²) in [4.78, 5) is 17.4. The molecule has 0 bridgehead atoms. The van der Waals surface area contributed by atoms with Crippen LogP contribution in [-0.2, 0) is 4.79 Å². The van der Waals surface area contributed by atoms with Crippen LogP contribution in [-0.4, -0.2) is 77.6 Å². The number of piperazine rings is 1. The molecule has 9 nitrogen and oxygen atoms in total. The minimum atomic E-state index is -4.56. The lowest BCUT2D eigenvalue weighted by Gasteiger charge is -2.34. The molecule has 3 aliphatic heterocycles. The summed E-state index contributed by atoms with van der Waals surface area (Å²) in [5.41, 5.74) is 3.31. The van der Waals surface area contributed by atoms with Crippen molar-refractivity contribution in [2.24, 2.45) is 0 Å². The molecule has 0 aliphatic carbocycles. The largest absolute Gasteiger partial charge is 0.406 e. The number of nitrogens with zero attached hydrogens (tertiary/aromatic N) is 5. The lowest BCUT2D eigenvalue weighted by Crippen LogP contribution is -2.54. The summed E-state index contributed by atoms with van der Waals surface area (Å²) in [6.45, 7) is 4.69. The van der Waals surface area contributed by atoms with Crippen molar-refractivity contribution in [1.82, 2.24) is 30.8 Å². The van der Waals surface area contributed by atoms with Gasteiger partial charge < -0.3 is 19.5 Å². The molecule has 1 aromatic carbocycles. The van der Waals surface area contributed by atoms with Crippen LogP contribution in [0.25, 0.3) is 5.57 Å². The fraction of sp³-hybridized carbons (Fsp3) is 0.476. The summed E-state index contributed by atoms with van der Waals surface area (Å²) >= 11 is 0. The van der Waals surface area contributed by atoms with E-state index in [1.54, 1.807) is 37.3 Å². The van der Waals surface area contributed by atoms with E-state index in [0.29, 0.717) is 24.4 Å². The summed E-state index contributed by atoms with van der Waals surface area (Å²) in [7, 11) is 2.02. The molecule has 176 valence electrons. The minimum absolute atomic E-state index is 0.0223. The number of anilines is 1. The van der Waals surface area contributed by atoms with Crippen LogP contribution in [0.2, 0.25) is 0 Å². The van der Waals surface area contributed by atoms with Gasteiger partial charge in [-0.3, -0.25) is 4.79 Å². The Morgan fingerprint density at radius 1 is 1.09 bits per heavy atom. The molecule has 2 saturated heterocycles. The first-order chi connectivity index (χ1) is 15.7. The van der Waals surface area contributed by atoms with Gasteiger partial charge in [0.25, 0.3) is 11.8 Å². The minimum Gasteiger partial charge on any atom is -0.403 e. The fourth-order valence-electron chi connectivity index (χ4n) is 4.59. The van der Waals surface area contributed by atoms with Crippen LogP contribution in [0.4, 0.5) is 19.2 Å². The quantitative estimate of drug-likeness (QED) is 0.709. The second-order valence-corrected chi connectivity index (χ2v) is 8.53. The third kappa shape index (κ3) is 3.82. The second kappa shape index (κ2) is 8.03. The predicted molar refractivity (Wildman–Crippen MR) is 113 cm³/mol. The number of nitrogens with one attached hydrogen (secondary N) is 2. The van der Waals surface area contributed by atoms with Gasteiger partial charge in [-0.2, -0.15) is 13.2 Å². The van der Waals surface area contributed by atoms with Gasteiger partial charge in [0.15, 0.2) is 0 Å². The lowest BCUT2D eigenvalue weighted by atomic mass is 9.89. The number of hydrogen-bond donors (Lipinski definition) is 2. The SMILES string of the molecule is CC1=C(c2nnc(N3CCN(C)CC3)o2)C(=O)N2NC(C(F)(F)F)C(c3ccccc3)C2N1. The molecule has 0 spiro atoms. The Morgan fingerprint density at radius 3 is 2.45 bits per heavy atom. The Labute approximate surface area is 188 Å². The van der Waals surface area contributed by atoms with Gasteiger partial charge in [-0.15, -0.1) is 5.10 Å². The van der Waals surface area contributed by atoms with Gasteiger partial charge in [-0.1, -0.05) is 35.4 Å². The van der Waals surface area contributed by atoms with Gasteiger partial charge in [-0.25, -0.2) is 10.4 Å². The van der Waals surface area contributed by atoms with Crippen molar-refractivity contribution < 1.29 is 22.4 Å². The molecule has 3 aliphatic rings. The first-order valence-electron chi connectivity index (χ1n) is 10.7. The molecule has 1 aromatic heterocycles. The Morgan fingerprint density at radius 2 is 1.79 bits per heavy atom. The van der Waals surface area contributed by atoms with E-state index in [1.165, 1.54) is 0 Å². The summed E-state index contributed by atoms with van der Waals surface area (Å²) in [5, 5.41) is 12.2. The van der Waals surface area contributed by atoms with Crippen molar-refractivity contribution in [3.63, 3.8) is 0 Å². The smallest absolute Gasteiger partial charge is 0.403 e. The van der Waals surface area contributed by atoms with Crippen LogP contribution in [0.1, 0.15) is 24.3 Å². The van der Waals surface area contributed by atoms with E-state index in [9.17, 15) is 18.0 Å². The number of hydrazine groups is 1. The van der Waals surface area contributed by atoms with E-state index < -0.39 is 30.2 Å². The molecule has 2 fully saturated rings. The van der Waals surface area contributed by atoms with Gasteiger partial charge in [0.2, 0.25) is 0 Å². The molecule has 0 saturated carbocycles. The van der Waals surface area contributed by atoms with Crippen molar-refractivity contribution in [2.45, 2.75) is 31.2 Å². The van der Waals surface area contributed by atoms with Crippen LogP contribution < -0.4 is 15.6 Å². The molecule has 33 heavy (non-hydrogen) atoms. The van der Waals surface area contributed by atoms with Crippen molar-refractivity contribution >= 4 is 17.5 Å². The highest BCUT2D eigenvalue weighted by molar-refractivity contribution is 6.19. The van der Waals surface area contributed by atoms with Gasteiger partial charge in [0, 0.05) is 31.9 Å². The Bertz CT molecular complexity index is 1060. The third-order valence-corrected chi connectivity index (χ3v) is 6.37. The highest BCUT2D eigenvalue weighted by Gasteiger charge is 2.58.